The smallest absolute Gasteiger partial charge is 0.328 e. The molecular formula is C23H30N2O3. The molecule has 1 N–H and O–H groups in total. The van der Waals surface area contributed by atoms with Crippen LogP contribution in [0.15, 0.2) is 36.5 Å². The number of para-hydroxylation sites is 1. The number of benzene rings is 1. The first-order valence-electron chi connectivity index (χ1n) is 10.2. The van der Waals surface area contributed by atoms with Gasteiger partial charge in [-0.25, -0.2) is 4.79 Å². The quantitative estimate of drug-likeness (QED) is 0.760. The van der Waals surface area contributed by atoms with E-state index in [0.29, 0.717) is 18.3 Å². The summed E-state index contributed by atoms with van der Waals surface area (Å²) in [5.74, 6) is 0.464. The van der Waals surface area contributed by atoms with Crippen molar-refractivity contribution < 1.29 is 14.3 Å². The molecule has 1 atom stereocenters. The van der Waals surface area contributed by atoms with Crippen LogP contribution in [-0.4, -0.2) is 30.0 Å². The fraction of sp³-hybridized carbons (Fsp3) is 0.522. The summed E-state index contributed by atoms with van der Waals surface area (Å²) in [5.41, 5.74) is 2.42. The fourth-order valence-corrected chi connectivity index (χ4v) is 4.27. The molecule has 1 fully saturated rings. The van der Waals surface area contributed by atoms with Gasteiger partial charge in [0.1, 0.15) is 6.04 Å². The van der Waals surface area contributed by atoms with Crippen LogP contribution in [-0.2, 0) is 14.3 Å². The molecular weight excluding hydrogens is 352 g/mol. The maximum Gasteiger partial charge on any atom is 0.328 e. The number of hydrogen-bond donors (Lipinski definition) is 1. The normalized spacial score (nSPS) is 20.7. The van der Waals surface area contributed by atoms with Gasteiger partial charge in [0, 0.05) is 18.0 Å². The molecule has 150 valence electrons. The molecule has 1 aromatic heterocycles. The van der Waals surface area contributed by atoms with E-state index >= 15 is 0 Å². The third-order valence-corrected chi connectivity index (χ3v) is 5.88. The van der Waals surface area contributed by atoms with Crippen LogP contribution in [0, 0.1) is 11.8 Å². The molecule has 2 aromatic rings. The predicted octanol–water partition coefficient (Wildman–Crippen LogP) is 4.21. The molecule has 0 aliphatic heterocycles. The summed E-state index contributed by atoms with van der Waals surface area (Å²) in [4.78, 5) is 28.8. The van der Waals surface area contributed by atoms with Gasteiger partial charge in [0.2, 0.25) is 5.91 Å². The molecule has 1 unspecified atom stereocenters. The van der Waals surface area contributed by atoms with Gasteiger partial charge < -0.3 is 10.1 Å². The lowest BCUT2D eigenvalue weighted by Crippen LogP contribution is -2.45. The highest BCUT2D eigenvalue weighted by Crippen LogP contribution is 2.39. The molecule has 5 heteroatoms. The van der Waals surface area contributed by atoms with Crippen LogP contribution >= 0.6 is 0 Å². The van der Waals surface area contributed by atoms with Crippen molar-refractivity contribution in [2.75, 3.05) is 7.11 Å². The Kier molecular flexibility index (Phi) is 6.65. The van der Waals surface area contributed by atoms with Gasteiger partial charge in [0.05, 0.1) is 12.6 Å². The SMILES string of the molecule is COC(=O)C(NC(=O)C[C@H]1CC[C@@H](c2ccnc3ccccc32)CC1)C(C)C. The maximum atomic E-state index is 12.4. The van der Waals surface area contributed by atoms with Crippen molar-refractivity contribution in [1.82, 2.24) is 10.3 Å². The van der Waals surface area contributed by atoms with Crippen LogP contribution in [0.3, 0.4) is 0 Å². The average Bonchev–Trinajstić information content (AvgIpc) is 2.71. The number of carbonyl (C=O) groups is 2. The van der Waals surface area contributed by atoms with Crippen LogP contribution in [0.4, 0.5) is 0 Å². The first-order valence-corrected chi connectivity index (χ1v) is 10.2. The summed E-state index contributed by atoms with van der Waals surface area (Å²) in [6, 6.07) is 9.86. The largest absolute Gasteiger partial charge is 0.467 e. The lowest BCUT2D eigenvalue weighted by atomic mass is 9.77. The zero-order chi connectivity index (χ0) is 20.1. The lowest BCUT2D eigenvalue weighted by Gasteiger charge is -2.29. The second kappa shape index (κ2) is 9.18. The molecule has 0 radical (unpaired) electrons. The van der Waals surface area contributed by atoms with Crippen molar-refractivity contribution in [3.05, 3.63) is 42.1 Å². The average molecular weight is 383 g/mol. The van der Waals surface area contributed by atoms with Gasteiger partial charge in [-0.1, -0.05) is 32.0 Å². The van der Waals surface area contributed by atoms with E-state index in [4.69, 9.17) is 4.74 Å². The Labute approximate surface area is 166 Å². The number of aromatic nitrogens is 1. The van der Waals surface area contributed by atoms with Gasteiger partial charge in [0.25, 0.3) is 0 Å². The van der Waals surface area contributed by atoms with Gasteiger partial charge in [-0.3, -0.25) is 9.78 Å². The van der Waals surface area contributed by atoms with E-state index in [1.54, 1.807) is 0 Å². The Morgan fingerprint density at radius 1 is 1.14 bits per heavy atom. The zero-order valence-electron chi connectivity index (χ0n) is 17.0. The monoisotopic (exact) mass is 382 g/mol. The summed E-state index contributed by atoms with van der Waals surface area (Å²) < 4.78 is 4.80. The third-order valence-electron chi connectivity index (χ3n) is 5.88. The molecule has 0 bridgehead atoms. The standard InChI is InChI=1S/C23H30N2O3/c1-15(2)22(23(27)28-3)25-21(26)14-16-8-10-17(11-9-16)18-12-13-24-20-7-5-4-6-19(18)20/h4-7,12-13,15-17,22H,8-11,14H2,1-3H3,(H,25,26)/t16-,17+,22?. The highest BCUT2D eigenvalue weighted by Gasteiger charge is 2.28. The van der Waals surface area contributed by atoms with Gasteiger partial charge in [-0.2, -0.15) is 0 Å². The van der Waals surface area contributed by atoms with Gasteiger partial charge in [-0.05, 0) is 61.1 Å². The Hall–Kier alpha value is -2.43. The molecule has 1 saturated carbocycles. The van der Waals surface area contributed by atoms with Crippen molar-refractivity contribution in [2.24, 2.45) is 11.8 Å². The van der Waals surface area contributed by atoms with Crippen LogP contribution in [0.25, 0.3) is 10.9 Å². The lowest BCUT2D eigenvalue weighted by molar-refractivity contribution is -0.146. The number of fused-ring (bicyclic) bond motifs is 1. The fourth-order valence-electron chi connectivity index (χ4n) is 4.27. The van der Waals surface area contributed by atoms with E-state index in [2.05, 4.69) is 34.6 Å². The second-order valence-corrected chi connectivity index (χ2v) is 8.15. The number of methoxy groups -OCH3 is 1. The number of nitrogens with one attached hydrogen (secondary N) is 1. The van der Waals surface area contributed by atoms with E-state index in [1.807, 2.05) is 26.1 Å². The molecule has 1 heterocycles. The molecule has 1 aromatic carbocycles. The van der Waals surface area contributed by atoms with E-state index in [0.717, 1.165) is 31.2 Å². The van der Waals surface area contributed by atoms with E-state index in [1.165, 1.54) is 18.1 Å². The maximum absolute atomic E-state index is 12.4. The number of esters is 1. The molecule has 0 spiro atoms. The van der Waals surface area contributed by atoms with Crippen molar-refractivity contribution in [3.8, 4) is 0 Å². The molecule has 3 rings (SSSR count). The number of carbonyl (C=O) groups excluding carboxylic acids is 2. The summed E-state index contributed by atoms with van der Waals surface area (Å²) in [7, 11) is 1.36. The van der Waals surface area contributed by atoms with Crippen LogP contribution in [0.2, 0.25) is 0 Å². The van der Waals surface area contributed by atoms with Gasteiger partial charge in [-0.15, -0.1) is 0 Å². The third kappa shape index (κ3) is 4.70. The number of nitrogens with zero attached hydrogens (tertiary/aromatic N) is 1. The minimum Gasteiger partial charge on any atom is -0.467 e. The first kappa shape index (κ1) is 20.3. The Balaban J connectivity index is 1.56. The summed E-state index contributed by atoms with van der Waals surface area (Å²) in [6.45, 7) is 3.82. The number of pyridine rings is 1. The Morgan fingerprint density at radius 2 is 1.86 bits per heavy atom. The first-order chi connectivity index (χ1) is 13.5. The molecule has 1 aliphatic rings. The van der Waals surface area contributed by atoms with Crippen LogP contribution in [0.1, 0.15) is 57.4 Å². The number of ether oxygens (including phenoxy) is 1. The van der Waals surface area contributed by atoms with Gasteiger partial charge >= 0.3 is 5.97 Å². The zero-order valence-corrected chi connectivity index (χ0v) is 17.0. The molecule has 5 nitrogen and oxygen atoms in total. The highest BCUT2D eigenvalue weighted by molar-refractivity contribution is 5.85. The van der Waals surface area contributed by atoms with Crippen LogP contribution < -0.4 is 5.32 Å². The predicted molar refractivity (Wildman–Crippen MR) is 110 cm³/mol. The Bertz CT molecular complexity index is 820. The van der Waals surface area contributed by atoms with Gasteiger partial charge in [0.15, 0.2) is 0 Å². The minimum atomic E-state index is -0.572. The van der Waals surface area contributed by atoms with Crippen molar-refractivity contribution in [2.45, 2.75) is 57.9 Å². The number of hydrogen-bond acceptors (Lipinski definition) is 4. The summed E-state index contributed by atoms with van der Waals surface area (Å²) in [6.07, 6.45) is 6.59. The summed E-state index contributed by atoms with van der Waals surface area (Å²) in [5, 5.41) is 4.10. The van der Waals surface area contributed by atoms with Crippen LogP contribution in [0.5, 0.6) is 0 Å². The molecule has 1 aliphatic carbocycles. The number of amides is 1. The van der Waals surface area contributed by atoms with Crippen molar-refractivity contribution in [3.63, 3.8) is 0 Å². The van der Waals surface area contributed by atoms with E-state index in [9.17, 15) is 9.59 Å². The molecule has 28 heavy (non-hydrogen) atoms. The topological polar surface area (TPSA) is 68.3 Å². The summed E-state index contributed by atoms with van der Waals surface area (Å²) >= 11 is 0. The van der Waals surface area contributed by atoms with E-state index in [-0.39, 0.29) is 17.8 Å². The minimum absolute atomic E-state index is 0.00658. The second-order valence-electron chi connectivity index (χ2n) is 8.15. The van der Waals surface area contributed by atoms with Crippen molar-refractivity contribution >= 4 is 22.8 Å². The number of rotatable bonds is 6. The highest BCUT2D eigenvalue weighted by atomic mass is 16.5. The Morgan fingerprint density at radius 3 is 2.54 bits per heavy atom. The van der Waals surface area contributed by atoms with E-state index < -0.39 is 6.04 Å². The molecule has 1 amide bonds. The molecule has 0 saturated heterocycles. The van der Waals surface area contributed by atoms with Crippen molar-refractivity contribution in [1.29, 1.82) is 0 Å².